The van der Waals surface area contributed by atoms with Gasteiger partial charge in [-0.1, -0.05) is 24.3 Å². The fourth-order valence-electron chi connectivity index (χ4n) is 1.41. The Morgan fingerprint density at radius 3 is 2.25 bits per heavy atom. The molecule has 2 N–H and O–H groups in total. The number of hydrogen-bond acceptors (Lipinski definition) is 3. The van der Waals surface area contributed by atoms with Crippen molar-refractivity contribution in [3.8, 4) is 0 Å². The van der Waals surface area contributed by atoms with Crippen LogP contribution in [0.3, 0.4) is 0 Å². The van der Waals surface area contributed by atoms with Crippen molar-refractivity contribution in [2.24, 2.45) is 0 Å². The molecular weight excluding hydrogens is 202 g/mol. The molecule has 0 radical (unpaired) electrons. The zero-order valence-corrected chi connectivity index (χ0v) is 10.2. The van der Waals surface area contributed by atoms with E-state index < -0.39 is 0 Å². The second-order valence-corrected chi connectivity index (χ2v) is 4.09. The number of nitrogens with one attached hydrogen (secondary N) is 1. The zero-order valence-electron chi connectivity index (χ0n) is 10.2. The van der Waals surface area contributed by atoms with Gasteiger partial charge in [0.05, 0.1) is 12.7 Å². The molecule has 2 atom stereocenters. The fraction of sp³-hybridized carbons (Fsp3) is 0.538. The highest BCUT2D eigenvalue weighted by Gasteiger charge is 2.09. The summed E-state index contributed by atoms with van der Waals surface area (Å²) in [6.07, 6.45) is 0.205. The first-order valence-electron chi connectivity index (χ1n) is 5.62. The van der Waals surface area contributed by atoms with Crippen LogP contribution in [0.2, 0.25) is 0 Å². The second kappa shape index (κ2) is 6.63. The van der Waals surface area contributed by atoms with Crippen molar-refractivity contribution in [1.82, 2.24) is 5.32 Å². The minimum Gasteiger partial charge on any atom is -0.392 e. The van der Waals surface area contributed by atoms with Gasteiger partial charge in [-0.15, -0.1) is 0 Å². The van der Waals surface area contributed by atoms with Gasteiger partial charge < -0.3 is 15.2 Å². The summed E-state index contributed by atoms with van der Waals surface area (Å²) >= 11 is 0. The Bertz CT molecular complexity index is 297. The quantitative estimate of drug-likeness (QED) is 0.771. The summed E-state index contributed by atoms with van der Waals surface area (Å²) in [5, 5.41) is 12.3. The molecule has 1 aromatic rings. The molecule has 0 bridgehead atoms. The smallest absolute Gasteiger partial charge is 0.0693 e. The first-order chi connectivity index (χ1) is 7.67. The van der Waals surface area contributed by atoms with E-state index in [-0.39, 0.29) is 12.7 Å². The summed E-state index contributed by atoms with van der Waals surface area (Å²) in [5.74, 6) is 0. The van der Waals surface area contributed by atoms with E-state index in [9.17, 15) is 0 Å². The van der Waals surface area contributed by atoms with Crippen LogP contribution in [0.25, 0.3) is 0 Å². The molecule has 1 aromatic carbocycles. The lowest BCUT2D eigenvalue weighted by molar-refractivity contribution is 0.0882. The van der Waals surface area contributed by atoms with Gasteiger partial charge in [0, 0.05) is 19.7 Å². The van der Waals surface area contributed by atoms with Crippen molar-refractivity contribution < 1.29 is 9.84 Å². The average Bonchev–Trinajstić information content (AvgIpc) is 2.35. The van der Waals surface area contributed by atoms with Crippen molar-refractivity contribution in [3.63, 3.8) is 0 Å². The van der Waals surface area contributed by atoms with Crippen LogP contribution in [0.1, 0.15) is 25.0 Å². The molecule has 0 amide bonds. The van der Waals surface area contributed by atoms with Crippen molar-refractivity contribution in [2.75, 3.05) is 7.11 Å². The van der Waals surface area contributed by atoms with E-state index in [2.05, 4.69) is 12.2 Å². The minimum atomic E-state index is 0.102. The Labute approximate surface area is 97.4 Å². The number of ether oxygens (including phenoxy) is 1. The maximum absolute atomic E-state index is 8.92. The molecule has 0 aliphatic heterocycles. The Kier molecular flexibility index (Phi) is 5.46. The van der Waals surface area contributed by atoms with Crippen LogP contribution in [0.15, 0.2) is 24.3 Å². The summed E-state index contributed by atoms with van der Waals surface area (Å²) in [6, 6.07) is 8.27. The molecule has 3 heteroatoms. The molecule has 0 saturated carbocycles. The predicted octanol–water partition coefficient (Wildman–Crippen LogP) is 1.69. The topological polar surface area (TPSA) is 41.5 Å². The first kappa shape index (κ1) is 13.2. The molecule has 0 heterocycles. The lowest BCUT2D eigenvalue weighted by atomic mass is 10.1. The predicted molar refractivity (Wildman–Crippen MR) is 65.1 cm³/mol. The SMILES string of the molecule is COC(C)C(C)NCc1ccc(CO)cc1. The van der Waals surface area contributed by atoms with Crippen LogP contribution in [0, 0.1) is 0 Å². The number of hydrogen-bond donors (Lipinski definition) is 2. The van der Waals surface area contributed by atoms with Crippen molar-refractivity contribution in [3.05, 3.63) is 35.4 Å². The van der Waals surface area contributed by atoms with Crippen molar-refractivity contribution in [1.29, 1.82) is 0 Å². The highest BCUT2D eigenvalue weighted by molar-refractivity contribution is 5.21. The lowest BCUT2D eigenvalue weighted by Crippen LogP contribution is -2.36. The molecule has 16 heavy (non-hydrogen) atoms. The molecule has 0 aliphatic carbocycles. The monoisotopic (exact) mass is 223 g/mol. The highest BCUT2D eigenvalue weighted by atomic mass is 16.5. The number of aliphatic hydroxyl groups is 1. The number of rotatable bonds is 6. The van der Waals surface area contributed by atoms with Gasteiger partial charge in [0.15, 0.2) is 0 Å². The Morgan fingerprint density at radius 1 is 1.19 bits per heavy atom. The van der Waals surface area contributed by atoms with Gasteiger partial charge in [0.2, 0.25) is 0 Å². The third kappa shape index (κ3) is 3.93. The molecule has 2 unspecified atom stereocenters. The van der Waals surface area contributed by atoms with Gasteiger partial charge in [-0.3, -0.25) is 0 Å². The second-order valence-electron chi connectivity index (χ2n) is 4.09. The zero-order chi connectivity index (χ0) is 12.0. The summed E-state index contributed by atoms with van der Waals surface area (Å²) < 4.78 is 5.24. The van der Waals surface area contributed by atoms with Gasteiger partial charge in [-0.25, -0.2) is 0 Å². The normalized spacial score (nSPS) is 14.8. The minimum absolute atomic E-state index is 0.102. The van der Waals surface area contributed by atoms with E-state index in [0.29, 0.717) is 6.04 Å². The summed E-state index contributed by atoms with van der Waals surface area (Å²) in [5.41, 5.74) is 2.16. The van der Waals surface area contributed by atoms with E-state index in [1.807, 2.05) is 31.2 Å². The van der Waals surface area contributed by atoms with E-state index in [0.717, 1.165) is 12.1 Å². The van der Waals surface area contributed by atoms with E-state index in [4.69, 9.17) is 9.84 Å². The molecule has 0 aliphatic rings. The van der Waals surface area contributed by atoms with Gasteiger partial charge >= 0.3 is 0 Å². The summed E-state index contributed by atoms with van der Waals surface area (Å²) in [7, 11) is 1.72. The Balaban J connectivity index is 2.42. The maximum Gasteiger partial charge on any atom is 0.0693 e. The maximum atomic E-state index is 8.92. The summed E-state index contributed by atoms with van der Waals surface area (Å²) in [6.45, 7) is 5.08. The molecule has 0 aromatic heterocycles. The number of aliphatic hydroxyl groups excluding tert-OH is 1. The Morgan fingerprint density at radius 2 is 1.75 bits per heavy atom. The molecular formula is C13H21NO2. The van der Waals surface area contributed by atoms with Gasteiger partial charge in [-0.05, 0) is 25.0 Å². The third-order valence-corrected chi connectivity index (χ3v) is 2.91. The third-order valence-electron chi connectivity index (χ3n) is 2.91. The van der Waals surface area contributed by atoms with Gasteiger partial charge in [0.25, 0.3) is 0 Å². The van der Waals surface area contributed by atoms with Crippen LogP contribution in [-0.2, 0) is 17.9 Å². The molecule has 90 valence electrons. The van der Waals surface area contributed by atoms with Gasteiger partial charge in [-0.2, -0.15) is 0 Å². The number of methoxy groups -OCH3 is 1. The summed E-state index contributed by atoms with van der Waals surface area (Å²) in [4.78, 5) is 0. The highest BCUT2D eigenvalue weighted by Crippen LogP contribution is 2.05. The van der Waals surface area contributed by atoms with E-state index >= 15 is 0 Å². The largest absolute Gasteiger partial charge is 0.392 e. The van der Waals surface area contributed by atoms with Crippen LogP contribution in [0.5, 0.6) is 0 Å². The van der Waals surface area contributed by atoms with Gasteiger partial charge in [0.1, 0.15) is 0 Å². The Hall–Kier alpha value is -0.900. The lowest BCUT2D eigenvalue weighted by Gasteiger charge is -2.19. The fourth-order valence-corrected chi connectivity index (χ4v) is 1.41. The van der Waals surface area contributed by atoms with Crippen LogP contribution in [-0.4, -0.2) is 24.4 Å². The van der Waals surface area contributed by atoms with Crippen LogP contribution in [0.4, 0.5) is 0 Å². The van der Waals surface area contributed by atoms with Crippen LogP contribution >= 0.6 is 0 Å². The molecule has 0 fully saturated rings. The van der Waals surface area contributed by atoms with E-state index in [1.54, 1.807) is 7.11 Å². The van der Waals surface area contributed by atoms with Crippen molar-refractivity contribution in [2.45, 2.75) is 39.1 Å². The molecule has 3 nitrogen and oxygen atoms in total. The first-order valence-corrected chi connectivity index (χ1v) is 5.62. The molecule has 0 saturated heterocycles. The average molecular weight is 223 g/mol. The molecule has 1 rings (SSSR count). The number of benzene rings is 1. The van der Waals surface area contributed by atoms with Crippen molar-refractivity contribution >= 4 is 0 Å². The molecule has 0 spiro atoms. The standard InChI is InChI=1S/C13H21NO2/c1-10(11(2)16-3)14-8-12-4-6-13(9-15)7-5-12/h4-7,10-11,14-15H,8-9H2,1-3H3. The van der Waals surface area contributed by atoms with Crippen LogP contribution < -0.4 is 5.32 Å². The van der Waals surface area contributed by atoms with E-state index in [1.165, 1.54) is 5.56 Å².